The molecule has 1 aromatic rings. The van der Waals surface area contributed by atoms with Crippen LogP contribution in [0.1, 0.15) is 38.6 Å². The zero-order valence-electron chi connectivity index (χ0n) is 11.0. The van der Waals surface area contributed by atoms with Gasteiger partial charge in [0.1, 0.15) is 0 Å². The van der Waals surface area contributed by atoms with E-state index in [1.807, 2.05) is 19.2 Å². The fraction of sp³-hybridized carbons (Fsp3) is 0.571. The number of aliphatic hydroxyl groups excluding tert-OH is 1. The zero-order valence-corrected chi connectivity index (χ0v) is 11.0. The lowest BCUT2D eigenvalue weighted by Gasteiger charge is -2.42. The minimum Gasteiger partial charge on any atom is -0.391 e. The van der Waals surface area contributed by atoms with Gasteiger partial charge < -0.3 is 10.4 Å². The molecule has 1 heterocycles. The third kappa shape index (κ3) is 2.18. The molecule has 19 heavy (non-hydrogen) atoms. The third-order valence-corrected chi connectivity index (χ3v) is 4.28. The third-order valence-electron chi connectivity index (χ3n) is 4.28. The van der Waals surface area contributed by atoms with Crippen LogP contribution >= 0.6 is 0 Å². The van der Waals surface area contributed by atoms with Crippen molar-refractivity contribution in [3.05, 3.63) is 29.6 Å². The highest BCUT2D eigenvalue weighted by molar-refractivity contribution is 5.94. The van der Waals surface area contributed by atoms with Crippen LogP contribution in [0.15, 0.2) is 29.6 Å². The molecule has 0 radical (unpaired) electrons. The molecule has 0 unspecified atom stereocenters. The van der Waals surface area contributed by atoms with Gasteiger partial charge >= 0.3 is 0 Å². The van der Waals surface area contributed by atoms with E-state index in [1.54, 1.807) is 10.9 Å². The number of nitrogens with one attached hydrogen (secondary N) is 1. The first-order valence-corrected chi connectivity index (χ1v) is 6.83. The molecule has 102 valence electrons. The number of aromatic nitrogens is 2. The molecule has 2 N–H and O–H groups in total. The lowest BCUT2D eigenvalue weighted by Crippen LogP contribution is -2.56. The number of nitrogens with zero attached hydrogens (tertiary/aromatic N) is 2. The zero-order chi connectivity index (χ0) is 13.4. The molecule has 3 rings (SSSR count). The van der Waals surface area contributed by atoms with Gasteiger partial charge in [0.05, 0.1) is 18.2 Å². The van der Waals surface area contributed by atoms with Crippen LogP contribution in [0, 0.1) is 0 Å². The standard InChI is InChI=1S/C14H19N3O2/c1-9(10-4-2-5-10)14(19)16-11-8-12(18)13(11)17-7-3-6-15-17/h3,6-7,11-13,18H,2,4-5,8H2,1H3,(H,16,19)/t11-,12+,13+/m0/s1. The van der Waals surface area contributed by atoms with Gasteiger partial charge in [-0.2, -0.15) is 5.10 Å². The van der Waals surface area contributed by atoms with Gasteiger partial charge in [0.2, 0.25) is 5.91 Å². The number of hydrogen-bond acceptors (Lipinski definition) is 3. The lowest BCUT2D eigenvalue weighted by atomic mass is 9.82. The van der Waals surface area contributed by atoms with Gasteiger partial charge in [-0.05, 0) is 38.7 Å². The Morgan fingerprint density at radius 1 is 1.53 bits per heavy atom. The maximum absolute atomic E-state index is 12.1. The molecule has 3 atom stereocenters. The maximum Gasteiger partial charge on any atom is 0.247 e. The van der Waals surface area contributed by atoms with Crippen molar-refractivity contribution in [3.8, 4) is 0 Å². The van der Waals surface area contributed by atoms with Crippen molar-refractivity contribution in [2.75, 3.05) is 0 Å². The van der Waals surface area contributed by atoms with Crippen molar-refractivity contribution in [1.29, 1.82) is 0 Å². The Morgan fingerprint density at radius 2 is 2.32 bits per heavy atom. The molecule has 0 aromatic carbocycles. The van der Waals surface area contributed by atoms with Crippen LogP contribution in [0.5, 0.6) is 0 Å². The van der Waals surface area contributed by atoms with Crippen molar-refractivity contribution < 1.29 is 9.90 Å². The molecule has 2 fully saturated rings. The molecular formula is C14H19N3O2. The molecule has 2 aliphatic carbocycles. The summed E-state index contributed by atoms with van der Waals surface area (Å²) in [7, 11) is 0. The summed E-state index contributed by atoms with van der Waals surface area (Å²) in [5.41, 5.74) is 2.12. The van der Waals surface area contributed by atoms with E-state index in [1.165, 1.54) is 12.0 Å². The average Bonchev–Trinajstić information content (AvgIpc) is 2.78. The van der Waals surface area contributed by atoms with Crippen molar-refractivity contribution in [2.45, 2.75) is 50.8 Å². The molecule has 0 bridgehead atoms. The largest absolute Gasteiger partial charge is 0.391 e. The molecule has 0 aliphatic heterocycles. The number of carbonyl (C=O) groups excluding carboxylic acids is 1. The predicted molar refractivity (Wildman–Crippen MR) is 70.4 cm³/mol. The molecule has 2 saturated carbocycles. The van der Waals surface area contributed by atoms with Crippen LogP contribution in [0.2, 0.25) is 0 Å². The highest BCUT2D eigenvalue weighted by Gasteiger charge is 2.42. The number of amides is 1. The first-order chi connectivity index (χ1) is 9.16. The summed E-state index contributed by atoms with van der Waals surface area (Å²) in [5, 5.41) is 17.0. The van der Waals surface area contributed by atoms with Gasteiger partial charge in [-0.3, -0.25) is 9.48 Å². The van der Waals surface area contributed by atoms with Crippen LogP contribution in [0.4, 0.5) is 0 Å². The van der Waals surface area contributed by atoms with E-state index in [4.69, 9.17) is 0 Å². The molecule has 1 aromatic heterocycles. The molecule has 5 heteroatoms. The van der Waals surface area contributed by atoms with E-state index in [-0.39, 0.29) is 18.0 Å². The van der Waals surface area contributed by atoms with Crippen LogP contribution in [-0.2, 0) is 4.79 Å². The second-order valence-electron chi connectivity index (χ2n) is 5.44. The Hall–Kier alpha value is -1.62. The number of rotatable bonds is 3. The summed E-state index contributed by atoms with van der Waals surface area (Å²) in [6, 6.07) is 1.65. The van der Waals surface area contributed by atoms with Crippen LogP contribution in [0.3, 0.4) is 0 Å². The molecule has 1 amide bonds. The number of aliphatic hydroxyl groups is 1. The minimum absolute atomic E-state index is 0.00348. The normalized spacial score (nSPS) is 29.4. The lowest BCUT2D eigenvalue weighted by molar-refractivity contribution is -0.121. The molecule has 0 saturated heterocycles. The summed E-state index contributed by atoms with van der Waals surface area (Å²) in [6.45, 7) is 1.89. The Bertz CT molecular complexity index is 501. The Balaban J connectivity index is 1.66. The van der Waals surface area contributed by atoms with Crippen molar-refractivity contribution in [3.63, 3.8) is 0 Å². The van der Waals surface area contributed by atoms with Gasteiger partial charge in [-0.1, -0.05) is 5.57 Å². The predicted octanol–water partition coefficient (Wildman–Crippen LogP) is 1.17. The SMILES string of the molecule is CC(C(=O)N[C@H]1C[C@@H](O)[C@@H]1n1cccn1)=C1CCC1. The summed E-state index contributed by atoms with van der Waals surface area (Å²) < 4.78 is 1.73. The van der Waals surface area contributed by atoms with Crippen LogP contribution < -0.4 is 5.32 Å². The highest BCUT2D eigenvalue weighted by atomic mass is 16.3. The summed E-state index contributed by atoms with van der Waals surface area (Å²) in [4.78, 5) is 12.1. The van der Waals surface area contributed by atoms with Crippen LogP contribution in [-0.4, -0.2) is 32.9 Å². The van der Waals surface area contributed by atoms with Crippen molar-refractivity contribution in [2.24, 2.45) is 0 Å². The van der Waals surface area contributed by atoms with E-state index in [2.05, 4.69) is 10.4 Å². The van der Waals surface area contributed by atoms with Gasteiger partial charge in [0, 0.05) is 18.0 Å². The Labute approximate surface area is 112 Å². The monoisotopic (exact) mass is 261 g/mol. The van der Waals surface area contributed by atoms with E-state index in [0.29, 0.717) is 6.42 Å². The molecule has 2 aliphatic rings. The summed E-state index contributed by atoms with van der Waals surface area (Å²) >= 11 is 0. The number of hydrogen-bond donors (Lipinski definition) is 2. The molecular weight excluding hydrogens is 242 g/mol. The van der Waals surface area contributed by atoms with E-state index in [9.17, 15) is 9.90 Å². The first-order valence-electron chi connectivity index (χ1n) is 6.83. The quantitative estimate of drug-likeness (QED) is 0.803. The van der Waals surface area contributed by atoms with Crippen molar-refractivity contribution in [1.82, 2.24) is 15.1 Å². The van der Waals surface area contributed by atoms with E-state index < -0.39 is 6.10 Å². The first kappa shape index (κ1) is 12.4. The van der Waals surface area contributed by atoms with Gasteiger partial charge in [-0.15, -0.1) is 0 Å². The number of carbonyl (C=O) groups is 1. The Morgan fingerprint density at radius 3 is 2.84 bits per heavy atom. The van der Waals surface area contributed by atoms with E-state index in [0.717, 1.165) is 18.4 Å². The van der Waals surface area contributed by atoms with Crippen LogP contribution in [0.25, 0.3) is 0 Å². The molecule has 5 nitrogen and oxygen atoms in total. The second-order valence-corrected chi connectivity index (χ2v) is 5.44. The average molecular weight is 261 g/mol. The smallest absolute Gasteiger partial charge is 0.247 e. The minimum atomic E-state index is -0.429. The van der Waals surface area contributed by atoms with Gasteiger partial charge in [0.25, 0.3) is 0 Å². The second kappa shape index (κ2) is 4.81. The Kier molecular flexibility index (Phi) is 3.14. The maximum atomic E-state index is 12.1. The summed E-state index contributed by atoms with van der Waals surface area (Å²) in [5.74, 6) is 0.00348. The number of allylic oxidation sites excluding steroid dienone is 1. The van der Waals surface area contributed by atoms with Crippen molar-refractivity contribution >= 4 is 5.91 Å². The fourth-order valence-electron chi connectivity index (χ4n) is 2.74. The van der Waals surface area contributed by atoms with E-state index >= 15 is 0 Å². The topological polar surface area (TPSA) is 67.2 Å². The highest BCUT2D eigenvalue weighted by Crippen LogP contribution is 2.33. The molecule has 0 spiro atoms. The summed E-state index contributed by atoms with van der Waals surface area (Å²) in [6.07, 6.45) is 6.97. The van der Waals surface area contributed by atoms with Gasteiger partial charge in [-0.25, -0.2) is 0 Å². The van der Waals surface area contributed by atoms with Gasteiger partial charge in [0.15, 0.2) is 0 Å². The fourth-order valence-corrected chi connectivity index (χ4v) is 2.74.